The lowest BCUT2D eigenvalue weighted by molar-refractivity contribution is 0.139. The lowest BCUT2D eigenvalue weighted by Crippen LogP contribution is -2.36. The fraction of sp³-hybridized carbons (Fsp3) is 0.667. The van der Waals surface area contributed by atoms with Gasteiger partial charge in [0.1, 0.15) is 0 Å². The standard InChI is InChI=1S/C15H25N3O/c1-12-8-15(14(9-16-2)10-17-12)18-6-4-13(5-7-18)11-19-3/h8,10,13,16H,4-7,9,11H2,1-3H3. The van der Waals surface area contributed by atoms with Crippen LogP contribution in [0.15, 0.2) is 12.3 Å². The van der Waals surface area contributed by atoms with Gasteiger partial charge in [-0.25, -0.2) is 0 Å². The van der Waals surface area contributed by atoms with Crippen LogP contribution in [-0.4, -0.2) is 38.8 Å². The average Bonchev–Trinajstić information content (AvgIpc) is 2.42. The molecule has 0 saturated carbocycles. The van der Waals surface area contributed by atoms with Crippen LogP contribution in [0.4, 0.5) is 5.69 Å². The van der Waals surface area contributed by atoms with Gasteiger partial charge >= 0.3 is 0 Å². The monoisotopic (exact) mass is 263 g/mol. The SMILES string of the molecule is CNCc1cnc(C)cc1N1CCC(COC)CC1. The van der Waals surface area contributed by atoms with Crippen LogP contribution >= 0.6 is 0 Å². The summed E-state index contributed by atoms with van der Waals surface area (Å²) in [5.74, 6) is 0.719. The normalized spacial score (nSPS) is 16.9. The minimum atomic E-state index is 0.719. The first-order chi connectivity index (χ1) is 9.24. The van der Waals surface area contributed by atoms with Gasteiger partial charge in [0.2, 0.25) is 0 Å². The number of pyridine rings is 1. The van der Waals surface area contributed by atoms with Crippen LogP contribution in [0.2, 0.25) is 0 Å². The maximum atomic E-state index is 5.27. The zero-order valence-corrected chi connectivity index (χ0v) is 12.3. The van der Waals surface area contributed by atoms with E-state index >= 15 is 0 Å². The van der Waals surface area contributed by atoms with Crippen molar-refractivity contribution in [3.8, 4) is 0 Å². The Hall–Kier alpha value is -1.13. The van der Waals surface area contributed by atoms with Gasteiger partial charge in [-0.1, -0.05) is 0 Å². The van der Waals surface area contributed by atoms with Crippen LogP contribution in [0, 0.1) is 12.8 Å². The number of nitrogens with zero attached hydrogens (tertiary/aromatic N) is 2. The number of methoxy groups -OCH3 is 1. The van der Waals surface area contributed by atoms with Gasteiger partial charge in [-0.05, 0) is 38.8 Å². The van der Waals surface area contributed by atoms with E-state index in [0.717, 1.165) is 37.9 Å². The van der Waals surface area contributed by atoms with E-state index in [2.05, 4.69) is 28.2 Å². The summed E-state index contributed by atoms with van der Waals surface area (Å²) >= 11 is 0. The molecule has 1 saturated heterocycles. The second-order valence-electron chi connectivity index (χ2n) is 5.37. The second-order valence-corrected chi connectivity index (χ2v) is 5.37. The van der Waals surface area contributed by atoms with E-state index in [4.69, 9.17) is 4.74 Å². The number of rotatable bonds is 5. The smallest absolute Gasteiger partial charge is 0.0491 e. The highest BCUT2D eigenvalue weighted by Gasteiger charge is 2.21. The van der Waals surface area contributed by atoms with Crippen molar-refractivity contribution in [3.63, 3.8) is 0 Å². The van der Waals surface area contributed by atoms with Crippen LogP contribution < -0.4 is 10.2 Å². The van der Waals surface area contributed by atoms with Crippen molar-refractivity contribution < 1.29 is 4.74 Å². The Bertz CT molecular complexity index is 400. The van der Waals surface area contributed by atoms with Crippen LogP contribution in [0.3, 0.4) is 0 Å². The van der Waals surface area contributed by atoms with E-state index in [9.17, 15) is 0 Å². The minimum absolute atomic E-state index is 0.719. The third-order valence-electron chi connectivity index (χ3n) is 3.82. The first kappa shape index (κ1) is 14.3. The fourth-order valence-corrected chi connectivity index (χ4v) is 2.77. The van der Waals surface area contributed by atoms with Crippen LogP contribution in [0.25, 0.3) is 0 Å². The molecule has 0 unspecified atom stereocenters. The molecule has 0 aliphatic carbocycles. The molecule has 1 N–H and O–H groups in total. The zero-order valence-electron chi connectivity index (χ0n) is 12.3. The van der Waals surface area contributed by atoms with E-state index < -0.39 is 0 Å². The van der Waals surface area contributed by atoms with E-state index in [1.165, 1.54) is 24.1 Å². The van der Waals surface area contributed by atoms with Crippen molar-refractivity contribution in [3.05, 3.63) is 23.5 Å². The van der Waals surface area contributed by atoms with Gasteiger partial charge in [-0.15, -0.1) is 0 Å². The maximum absolute atomic E-state index is 5.27. The summed E-state index contributed by atoms with van der Waals surface area (Å²) in [6.07, 6.45) is 4.44. The molecule has 1 aromatic heterocycles. The Morgan fingerprint density at radius 3 is 2.79 bits per heavy atom. The summed E-state index contributed by atoms with van der Waals surface area (Å²) in [5, 5.41) is 3.23. The molecular formula is C15H25N3O. The van der Waals surface area contributed by atoms with Crippen LogP contribution in [-0.2, 0) is 11.3 Å². The predicted molar refractivity (Wildman–Crippen MR) is 78.6 cm³/mol. The Labute approximate surface area is 116 Å². The highest BCUT2D eigenvalue weighted by molar-refractivity contribution is 5.54. The van der Waals surface area contributed by atoms with Gasteiger partial charge in [-0.3, -0.25) is 4.98 Å². The zero-order chi connectivity index (χ0) is 13.7. The lowest BCUT2D eigenvalue weighted by atomic mass is 9.97. The molecule has 19 heavy (non-hydrogen) atoms. The molecule has 106 valence electrons. The van der Waals surface area contributed by atoms with Crippen molar-refractivity contribution in [2.45, 2.75) is 26.3 Å². The number of ether oxygens (including phenoxy) is 1. The molecule has 0 atom stereocenters. The van der Waals surface area contributed by atoms with Crippen LogP contribution in [0.1, 0.15) is 24.1 Å². The molecule has 2 rings (SSSR count). The Kier molecular flexibility index (Phi) is 5.16. The molecule has 0 bridgehead atoms. The quantitative estimate of drug-likeness (QED) is 0.881. The van der Waals surface area contributed by atoms with Crippen LogP contribution in [0.5, 0.6) is 0 Å². The topological polar surface area (TPSA) is 37.4 Å². The molecule has 1 fully saturated rings. The molecule has 4 nitrogen and oxygen atoms in total. The summed E-state index contributed by atoms with van der Waals surface area (Å²) in [7, 11) is 3.78. The first-order valence-electron chi connectivity index (χ1n) is 7.08. The molecule has 1 aliphatic rings. The molecule has 1 aromatic rings. The molecule has 4 heteroatoms. The molecule has 0 aromatic carbocycles. The maximum Gasteiger partial charge on any atom is 0.0491 e. The highest BCUT2D eigenvalue weighted by Crippen LogP contribution is 2.26. The van der Waals surface area contributed by atoms with E-state index in [1.807, 2.05) is 13.2 Å². The third kappa shape index (κ3) is 3.67. The van der Waals surface area contributed by atoms with E-state index in [1.54, 1.807) is 7.11 Å². The van der Waals surface area contributed by atoms with Crippen molar-refractivity contribution in [2.24, 2.45) is 5.92 Å². The van der Waals surface area contributed by atoms with Gasteiger partial charge in [0, 0.05) is 56.5 Å². The third-order valence-corrected chi connectivity index (χ3v) is 3.82. The van der Waals surface area contributed by atoms with Gasteiger partial charge in [-0.2, -0.15) is 0 Å². The molecular weight excluding hydrogens is 238 g/mol. The van der Waals surface area contributed by atoms with Gasteiger partial charge in [0.15, 0.2) is 0 Å². The van der Waals surface area contributed by atoms with Crippen molar-refractivity contribution in [1.29, 1.82) is 0 Å². The largest absolute Gasteiger partial charge is 0.384 e. The summed E-state index contributed by atoms with van der Waals surface area (Å²) in [6, 6.07) is 2.21. The van der Waals surface area contributed by atoms with E-state index in [-0.39, 0.29) is 0 Å². The first-order valence-corrected chi connectivity index (χ1v) is 7.08. The predicted octanol–water partition coefficient (Wildman–Crippen LogP) is 1.97. The number of piperidine rings is 1. The number of aryl methyl sites for hydroxylation is 1. The molecule has 0 radical (unpaired) electrons. The summed E-state index contributed by atoms with van der Waals surface area (Å²) in [6.45, 7) is 6.07. The number of nitrogens with one attached hydrogen (secondary N) is 1. The molecule has 2 heterocycles. The van der Waals surface area contributed by atoms with Crippen molar-refractivity contribution >= 4 is 5.69 Å². The Morgan fingerprint density at radius 2 is 2.16 bits per heavy atom. The van der Waals surface area contributed by atoms with E-state index in [0.29, 0.717) is 0 Å². The lowest BCUT2D eigenvalue weighted by Gasteiger charge is -2.34. The minimum Gasteiger partial charge on any atom is -0.384 e. The molecule has 0 spiro atoms. The fourth-order valence-electron chi connectivity index (χ4n) is 2.77. The number of aromatic nitrogens is 1. The highest BCUT2D eigenvalue weighted by atomic mass is 16.5. The molecule has 0 amide bonds. The van der Waals surface area contributed by atoms with Crippen molar-refractivity contribution in [1.82, 2.24) is 10.3 Å². The summed E-state index contributed by atoms with van der Waals surface area (Å²) in [4.78, 5) is 6.90. The number of hydrogen-bond acceptors (Lipinski definition) is 4. The average molecular weight is 263 g/mol. The Balaban J connectivity index is 2.07. The molecule has 1 aliphatic heterocycles. The number of hydrogen-bond donors (Lipinski definition) is 1. The van der Waals surface area contributed by atoms with Crippen molar-refractivity contribution in [2.75, 3.05) is 38.8 Å². The summed E-state index contributed by atoms with van der Waals surface area (Å²) in [5.41, 5.74) is 3.73. The van der Waals surface area contributed by atoms with Gasteiger partial charge in [0.25, 0.3) is 0 Å². The number of anilines is 1. The van der Waals surface area contributed by atoms with Gasteiger partial charge in [0.05, 0.1) is 0 Å². The van der Waals surface area contributed by atoms with Gasteiger partial charge < -0.3 is 15.0 Å². The summed E-state index contributed by atoms with van der Waals surface area (Å²) < 4.78 is 5.27. The Morgan fingerprint density at radius 1 is 1.42 bits per heavy atom. The second kappa shape index (κ2) is 6.87.